The van der Waals surface area contributed by atoms with Crippen LogP contribution in [0.5, 0.6) is 0 Å². The van der Waals surface area contributed by atoms with E-state index < -0.39 is 5.60 Å². The van der Waals surface area contributed by atoms with Crippen molar-refractivity contribution in [2.24, 2.45) is 0 Å². The Morgan fingerprint density at radius 2 is 2.14 bits per heavy atom. The molecule has 0 bridgehead atoms. The van der Waals surface area contributed by atoms with E-state index in [2.05, 4.69) is 0 Å². The molecular weight excluding hydrogens is 182 g/mol. The van der Waals surface area contributed by atoms with Gasteiger partial charge in [0, 0.05) is 19.5 Å². The second-order valence-electron chi connectivity index (χ2n) is 4.23. The number of aliphatic hydroxyl groups is 1. The van der Waals surface area contributed by atoms with Crippen molar-refractivity contribution in [2.75, 3.05) is 26.3 Å². The second kappa shape index (κ2) is 4.14. The fourth-order valence-corrected chi connectivity index (χ4v) is 2.03. The average molecular weight is 201 g/mol. The summed E-state index contributed by atoms with van der Waals surface area (Å²) in [7, 11) is 0. The Hall–Kier alpha value is -0.160. The molecule has 2 rings (SSSR count). The molecule has 2 saturated heterocycles. The van der Waals surface area contributed by atoms with Gasteiger partial charge in [0.05, 0.1) is 24.9 Å². The third kappa shape index (κ3) is 2.67. The smallest absolute Gasteiger partial charge is 0.0837 e. The maximum absolute atomic E-state index is 10.2. The van der Waals surface area contributed by atoms with Crippen molar-refractivity contribution in [2.45, 2.75) is 37.9 Å². The number of piperidine rings is 1. The Labute approximate surface area is 84.7 Å². The summed E-state index contributed by atoms with van der Waals surface area (Å²) in [6.45, 7) is 5.19. The van der Waals surface area contributed by atoms with Gasteiger partial charge in [-0.2, -0.15) is 5.06 Å². The Morgan fingerprint density at radius 3 is 2.64 bits per heavy atom. The summed E-state index contributed by atoms with van der Waals surface area (Å²) in [6, 6.07) is 0. The maximum atomic E-state index is 10.2. The van der Waals surface area contributed by atoms with Gasteiger partial charge < -0.3 is 9.84 Å². The van der Waals surface area contributed by atoms with Crippen LogP contribution in [0.15, 0.2) is 0 Å². The molecule has 82 valence electrons. The van der Waals surface area contributed by atoms with Gasteiger partial charge in [-0.3, -0.25) is 4.84 Å². The van der Waals surface area contributed by atoms with Gasteiger partial charge in [0.25, 0.3) is 0 Å². The van der Waals surface area contributed by atoms with Crippen LogP contribution >= 0.6 is 0 Å². The van der Waals surface area contributed by atoms with Crippen molar-refractivity contribution >= 4 is 0 Å². The molecule has 0 amide bonds. The van der Waals surface area contributed by atoms with Gasteiger partial charge in [0.1, 0.15) is 0 Å². The van der Waals surface area contributed by atoms with Crippen LogP contribution in [0.3, 0.4) is 0 Å². The van der Waals surface area contributed by atoms with E-state index in [1.807, 2.05) is 12.0 Å². The van der Waals surface area contributed by atoms with Crippen LogP contribution in [0, 0.1) is 0 Å². The number of rotatable bonds is 4. The van der Waals surface area contributed by atoms with Crippen molar-refractivity contribution in [3.05, 3.63) is 0 Å². The Balaban J connectivity index is 1.75. The van der Waals surface area contributed by atoms with Gasteiger partial charge in [-0.05, 0) is 19.8 Å². The van der Waals surface area contributed by atoms with Crippen LogP contribution in [0.1, 0.15) is 26.2 Å². The molecule has 2 heterocycles. The molecule has 0 saturated carbocycles. The zero-order valence-corrected chi connectivity index (χ0v) is 8.74. The molecule has 2 aliphatic heterocycles. The van der Waals surface area contributed by atoms with Gasteiger partial charge in [-0.15, -0.1) is 0 Å². The average Bonchev–Trinajstić information content (AvgIpc) is 2.93. The molecule has 0 aromatic heterocycles. The molecule has 1 N–H and O–H groups in total. The molecule has 0 spiro atoms. The zero-order valence-electron chi connectivity index (χ0n) is 8.74. The maximum Gasteiger partial charge on any atom is 0.0837 e. The van der Waals surface area contributed by atoms with E-state index >= 15 is 0 Å². The fraction of sp³-hybridized carbons (Fsp3) is 1.00. The van der Waals surface area contributed by atoms with Gasteiger partial charge in [-0.25, -0.2) is 0 Å². The lowest BCUT2D eigenvalue weighted by Gasteiger charge is -2.37. The molecule has 4 heteroatoms. The third-order valence-corrected chi connectivity index (χ3v) is 2.97. The number of nitrogens with zero attached hydrogens (tertiary/aromatic N) is 1. The summed E-state index contributed by atoms with van der Waals surface area (Å²) in [5.41, 5.74) is -0.505. The zero-order chi connectivity index (χ0) is 10.0. The van der Waals surface area contributed by atoms with Crippen molar-refractivity contribution in [1.82, 2.24) is 5.06 Å². The van der Waals surface area contributed by atoms with E-state index in [-0.39, 0.29) is 0 Å². The largest absolute Gasteiger partial charge is 0.390 e. The van der Waals surface area contributed by atoms with Gasteiger partial charge in [0.2, 0.25) is 0 Å². The molecule has 0 aromatic rings. The normalized spacial score (nSPS) is 31.7. The van der Waals surface area contributed by atoms with Gasteiger partial charge in [0.15, 0.2) is 0 Å². The van der Waals surface area contributed by atoms with Crippen molar-refractivity contribution in [3.8, 4) is 0 Å². The highest BCUT2D eigenvalue weighted by Gasteiger charge is 2.38. The van der Waals surface area contributed by atoms with Crippen molar-refractivity contribution < 1.29 is 14.7 Å². The topological polar surface area (TPSA) is 45.2 Å². The van der Waals surface area contributed by atoms with Crippen molar-refractivity contribution in [1.29, 1.82) is 0 Å². The van der Waals surface area contributed by atoms with Crippen LogP contribution in [-0.4, -0.2) is 48.2 Å². The quantitative estimate of drug-likeness (QED) is 0.675. The van der Waals surface area contributed by atoms with E-state index in [4.69, 9.17) is 9.57 Å². The molecule has 14 heavy (non-hydrogen) atoms. The summed E-state index contributed by atoms with van der Waals surface area (Å²) in [5, 5.41) is 12.2. The van der Waals surface area contributed by atoms with Crippen LogP contribution in [-0.2, 0) is 9.57 Å². The molecule has 1 atom stereocenters. The molecule has 2 aliphatic rings. The lowest BCUT2D eigenvalue weighted by atomic mass is 9.88. The lowest BCUT2D eigenvalue weighted by molar-refractivity contribution is -0.191. The highest BCUT2D eigenvalue weighted by Crippen LogP contribution is 2.31. The van der Waals surface area contributed by atoms with Crippen LogP contribution in [0.4, 0.5) is 0 Å². The summed E-state index contributed by atoms with van der Waals surface area (Å²) < 4.78 is 5.15. The summed E-state index contributed by atoms with van der Waals surface area (Å²) >= 11 is 0. The van der Waals surface area contributed by atoms with E-state index in [9.17, 15) is 5.11 Å². The van der Waals surface area contributed by atoms with Crippen LogP contribution in [0.2, 0.25) is 0 Å². The highest BCUT2D eigenvalue weighted by atomic mass is 16.7. The first-order chi connectivity index (χ1) is 6.72. The van der Waals surface area contributed by atoms with Gasteiger partial charge >= 0.3 is 0 Å². The molecule has 0 radical (unpaired) electrons. The molecule has 0 aromatic carbocycles. The van der Waals surface area contributed by atoms with Crippen molar-refractivity contribution in [3.63, 3.8) is 0 Å². The van der Waals surface area contributed by atoms with Crippen LogP contribution in [0.25, 0.3) is 0 Å². The SMILES string of the molecule is CCON1CCC(O)(CC2CO2)CC1. The summed E-state index contributed by atoms with van der Waals surface area (Å²) in [4.78, 5) is 5.39. The Bertz CT molecular complexity index is 186. The van der Waals surface area contributed by atoms with E-state index in [1.54, 1.807) is 0 Å². The third-order valence-electron chi connectivity index (χ3n) is 2.97. The lowest BCUT2D eigenvalue weighted by Crippen LogP contribution is -2.45. The molecule has 4 nitrogen and oxygen atoms in total. The standard InChI is InChI=1S/C10H19NO3/c1-2-14-11-5-3-10(12,4-6-11)7-9-8-13-9/h9,12H,2-8H2,1H3. The predicted molar refractivity (Wildman–Crippen MR) is 51.7 cm³/mol. The number of hydrogen-bond acceptors (Lipinski definition) is 4. The van der Waals surface area contributed by atoms with E-state index in [0.717, 1.165) is 39.0 Å². The first-order valence-electron chi connectivity index (χ1n) is 5.44. The number of epoxide rings is 1. The highest BCUT2D eigenvalue weighted by molar-refractivity contribution is 4.89. The predicted octanol–water partition coefficient (Wildman–Crippen LogP) is 0.554. The molecular formula is C10H19NO3. The Kier molecular flexibility index (Phi) is 3.07. The minimum atomic E-state index is -0.505. The van der Waals surface area contributed by atoms with Crippen LogP contribution < -0.4 is 0 Å². The first kappa shape index (κ1) is 10.4. The second-order valence-corrected chi connectivity index (χ2v) is 4.23. The number of ether oxygens (including phenoxy) is 1. The summed E-state index contributed by atoms with van der Waals surface area (Å²) in [6.07, 6.45) is 2.71. The van der Waals surface area contributed by atoms with Gasteiger partial charge in [-0.1, -0.05) is 0 Å². The number of hydroxylamine groups is 2. The molecule has 0 aliphatic carbocycles. The fourth-order valence-electron chi connectivity index (χ4n) is 2.03. The Morgan fingerprint density at radius 1 is 1.50 bits per heavy atom. The first-order valence-corrected chi connectivity index (χ1v) is 5.44. The monoisotopic (exact) mass is 201 g/mol. The molecule has 1 unspecified atom stereocenters. The number of hydrogen-bond donors (Lipinski definition) is 1. The minimum absolute atomic E-state index is 0.318. The summed E-state index contributed by atoms with van der Waals surface area (Å²) in [5.74, 6) is 0. The van der Waals surface area contributed by atoms with E-state index in [0.29, 0.717) is 12.7 Å². The minimum Gasteiger partial charge on any atom is -0.390 e. The molecule has 2 fully saturated rings. The van der Waals surface area contributed by atoms with E-state index in [1.165, 1.54) is 0 Å².